The van der Waals surface area contributed by atoms with Crippen molar-refractivity contribution >= 4 is 22.4 Å². The van der Waals surface area contributed by atoms with Gasteiger partial charge in [-0.1, -0.05) is 24.3 Å². The van der Waals surface area contributed by atoms with E-state index < -0.39 is 5.97 Å². The molecule has 0 spiro atoms. The molecule has 0 atom stereocenters. The minimum absolute atomic E-state index is 0.228. The fourth-order valence-electron chi connectivity index (χ4n) is 2.14. The second kappa shape index (κ2) is 3.31. The lowest BCUT2D eigenvalue weighted by atomic mass is 10.2. The van der Waals surface area contributed by atoms with Crippen LogP contribution in [0.1, 0.15) is 16.2 Å². The van der Waals surface area contributed by atoms with Gasteiger partial charge in [0.1, 0.15) is 5.65 Å². The highest BCUT2D eigenvalue weighted by molar-refractivity contribution is 5.97. The van der Waals surface area contributed by atoms with Gasteiger partial charge in [-0.05, 0) is 18.4 Å². The van der Waals surface area contributed by atoms with Crippen molar-refractivity contribution < 1.29 is 9.90 Å². The first-order valence-corrected chi connectivity index (χ1v) is 5.28. The van der Waals surface area contributed by atoms with Crippen molar-refractivity contribution in [1.82, 2.24) is 9.38 Å². The van der Waals surface area contributed by atoms with E-state index in [0.29, 0.717) is 11.3 Å². The molecule has 4 nitrogen and oxygen atoms in total. The van der Waals surface area contributed by atoms with E-state index in [2.05, 4.69) is 4.98 Å². The van der Waals surface area contributed by atoms with E-state index in [1.807, 2.05) is 30.3 Å². The second-order valence-corrected chi connectivity index (χ2v) is 3.95. The number of pyridine rings is 1. The van der Waals surface area contributed by atoms with Crippen LogP contribution in [0.4, 0.5) is 0 Å². The van der Waals surface area contributed by atoms with Gasteiger partial charge in [0.05, 0.1) is 5.69 Å². The average Bonchev–Trinajstić information content (AvgIpc) is 2.65. The van der Waals surface area contributed by atoms with E-state index in [-0.39, 0.29) is 5.69 Å². The summed E-state index contributed by atoms with van der Waals surface area (Å²) in [5.74, 6) is -0.953. The SMILES string of the molecule is Cc1nc2c3ccccc3ccn2c1C(=O)O. The Morgan fingerprint density at radius 1 is 1.29 bits per heavy atom. The van der Waals surface area contributed by atoms with Crippen molar-refractivity contribution in [3.05, 3.63) is 47.9 Å². The summed E-state index contributed by atoms with van der Waals surface area (Å²) >= 11 is 0. The van der Waals surface area contributed by atoms with Gasteiger partial charge in [0.15, 0.2) is 5.69 Å². The maximum absolute atomic E-state index is 11.2. The molecule has 3 aromatic rings. The summed E-state index contributed by atoms with van der Waals surface area (Å²) in [6.07, 6.45) is 1.75. The molecule has 0 unspecified atom stereocenters. The Hall–Kier alpha value is -2.36. The van der Waals surface area contributed by atoms with Crippen LogP contribution in [0.2, 0.25) is 0 Å². The summed E-state index contributed by atoms with van der Waals surface area (Å²) in [4.78, 5) is 15.5. The van der Waals surface area contributed by atoms with E-state index in [4.69, 9.17) is 5.11 Å². The Balaban J connectivity index is 2.53. The zero-order valence-electron chi connectivity index (χ0n) is 9.21. The molecule has 0 amide bonds. The first-order chi connectivity index (χ1) is 8.18. The van der Waals surface area contributed by atoms with Gasteiger partial charge in [0, 0.05) is 11.6 Å². The number of carboxylic acids is 1. The predicted octanol–water partition coefficient (Wildman–Crippen LogP) is 2.49. The zero-order valence-corrected chi connectivity index (χ0v) is 9.21. The van der Waals surface area contributed by atoms with Crippen LogP contribution in [-0.4, -0.2) is 20.5 Å². The smallest absolute Gasteiger partial charge is 0.354 e. The molecule has 0 bridgehead atoms. The van der Waals surface area contributed by atoms with Gasteiger partial charge in [0.25, 0.3) is 0 Å². The zero-order chi connectivity index (χ0) is 12.0. The van der Waals surface area contributed by atoms with Gasteiger partial charge in [-0.2, -0.15) is 0 Å². The molecule has 0 fully saturated rings. The number of aromatic nitrogens is 2. The molecule has 0 saturated carbocycles. The molecule has 84 valence electrons. The third kappa shape index (κ3) is 1.30. The minimum Gasteiger partial charge on any atom is -0.477 e. The maximum Gasteiger partial charge on any atom is 0.354 e. The number of imidazole rings is 1. The molecule has 0 aliphatic carbocycles. The van der Waals surface area contributed by atoms with Crippen LogP contribution in [0.15, 0.2) is 36.5 Å². The lowest BCUT2D eigenvalue weighted by Crippen LogP contribution is -2.03. The molecule has 0 radical (unpaired) electrons. The maximum atomic E-state index is 11.2. The first kappa shape index (κ1) is 9.84. The van der Waals surface area contributed by atoms with Crippen LogP contribution in [0.25, 0.3) is 16.4 Å². The molecule has 0 aliphatic heterocycles. The summed E-state index contributed by atoms with van der Waals surface area (Å²) in [7, 11) is 0. The minimum atomic E-state index is -0.953. The van der Waals surface area contributed by atoms with Crippen LogP contribution >= 0.6 is 0 Å². The number of hydrogen-bond donors (Lipinski definition) is 1. The van der Waals surface area contributed by atoms with Crippen LogP contribution < -0.4 is 0 Å². The molecular weight excluding hydrogens is 216 g/mol. The molecule has 2 aromatic heterocycles. The van der Waals surface area contributed by atoms with Crippen LogP contribution in [-0.2, 0) is 0 Å². The standard InChI is InChI=1S/C13H10N2O2/c1-8-11(13(16)17)15-7-6-9-4-2-3-5-10(9)12(15)14-8/h2-7H,1H3,(H,16,17). The van der Waals surface area contributed by atoms with Crippen LogP contribution in [0, 0.1) is 6.92 Å². The average molecular weight is 226 g/mol. The Labute approximate surface area is 97.1 Å². The van der Waals surface area contributed by atoms with Crippen molar-refractivity contribution in [1.29, 1.82) is 0 Å². The third-order valence-corrected chi connectivity index (χ3v) is 2.89. The number of carbonyl (C=O) groups is 1. The lowest BCUT2D eigenvalue weighted by molar-refractivity contribution is 0.0688. The van der Waals surface area contributed by atoms with Crippen LogP contribution in [0.5, 0.6) is 0 Å². The Morgan fingerprint density at radius 2 is 2.06 bits per heavy atom. The normalized spacial score (nSPS) is 11.1. The van der Waals surface area contributed by atoms with Crippen molar-refractivity contribution in [2.75, 3.05) is 0 Å². The largest absolute Gasteiger partial charge is 0.477 e. The summed E-state index contributed by atoms with van der Waals surface area (Å²) in [6.45, 7) is 1.71. The fraction of sp³-hybridized carbons (Fsp3) is 0.0769. The number of fused-ring (bicyclic) bond motifs is 3. The highest BCUT2D eigenvalue weighted by Crippen LogP contribution is 2.21. The monoisotopic (exact) mass is 226 g/mol. The number of benzene rings is 1. The van der Waals surface area contributed by atoms with Gasteiger partial charge in [-0.3, -0.25) is 4.40 Å². The highest BCUT2D eigenvalue weighted by atomic mass is 16.4. The topological polar surface area (TPSA) is 54.6 Å². The van der Waals surface area contributed by atoms with Gasteiger partial charge in [-0.15, -0.1) is 0 Å². The Morgan fingerprint density at radius 3 is 2.82 bits per heavy atom. The molecule has 3 rings (SSSR count). The first-order valence-electron chi connectivity index (χ1n) is 5.28. The van der Waals surface area contributed by atoms with Gasteiger partial charge in [0.2, 0.25) is 0 Å². The van der Waals surface area contributed by atoms with Crippen LogP contribution in [0.3, 0.4) is 0 Å². The molecule has 17 heavy (non-hydrogen) atoms. The number of aromatic carboxylic acids is 1. The number of rotatable bonds is 1. The molecule has 0 aliphatic rings. The highest BCUT2D eigenvalue weighted by Gasteiger charge is 2.16. The molecule has 1 N–H and O–H groups in total. The van der Waals surface area contributed by atoms with E-state index in [0.717, 1.165) is 10.8 Å². The predicted molar refractivity (Wildman–Crippen MR) is 64.4 cm³/mol. The van der Waals surface area contributed by atoms with Crippen molar-refractivity contribution in [3.8, 4) is 0 Å². The summed E-state index contributed by atoms with van der Waals surface area (Å²) in [5.41, 5.74) is 1.46. The fourth-order valence-corrected chi connectivity index (χ4v) is 2.14. The third-order valence-electron chi connectivity index (χ3n) is 2.89. The van der Waals surface area contributed by atoms with E-state index >= 15 is 0 Å². The quantitative estimate of drug-likeness (QED) is 0.693. The van der Waals surface area contributed by atoms with Crippen molar-refractivity contribution in [2.24, 2.45) is 0 Å². The Bertz CT molecular complexity index is 744. The molecule has 0 saturated heterocycles. The van der Waals surface area contributed by atoms with Crippen molar-refractivity contribution in [3.63, 3.8) is 0 Å². The van der Waals surface area contributed by atoms with Gasteiger partial charge in [-0.25, -0.2) is 9.78 Å². The molecular formula is C13H10N2O2. The van der Waals surface area contributed by atoms with E-state index in [1.54, 1.807) is 17.5 Å². The van der Waals surface area contributed by atoms with E-state index in [9.17, 15) is 4.79 Å². The van der Waals surface area contributed by atoms with E-state index in [1.165, 1.54) is 0 Å². The Kier molecular flexibility index (Phi) is 1.92. The lowest BCUT2D eigenvalue weighted by Gasteiger charge is -2.01. The number of hydrogen-bond acceptors (Lipinski definition) is 2. The second-order valence-electron chi connectivity index (χ2n) is 3.95. The molecule has 2 heterocycles. The number of nitrogens with zero attached hydrogens (tertiary/aromatic N) is 2. The molecule has 4 heteroatoms. The summed E-state index contributed by atoms with van der Waals surface area (Å²) in [5, 5.41) is 11.2. The van der Waals surface area contributed by atoms with Gasteiger partial charge >= 0.3 is 5.97 Å². The number of aryl methyl sites for hydroxylation is 1. The summed E-state index contributed by atoms with van der Waals surface area (Å²) < 4.78 is 1.62. The number of carboxylic acid groups (broad SMARTS) is 1. The van der Waals surface area contributed by atoms with Gasteiger partial charge < -0.3 is 5.11 Å². The van der Waals surface area contributed by atoms with Crippen molar-refractivity contribution in [2.45, 2.75) is 6.92 Å². The molecule has 1 aromatic carbocycles. The summed E-state index contributed by atoms with van der Waals surface area (Å²) in [6, 6.07) is 9.71.